The van der Waals surface area contributed by atoms with Crippen molar-refractivity contribution in [1.29, 1.82) is 0 Å². The molecule has 0 amide bonds. The molecule has 6 heteroatoms. The van der Waals surface area contributed by atoms with Crippen LogP contribution in [0.15, 0.2) is 0 Å². The zero-order chi connectivity index (χ0) is 3.58. The first-order chi connectivity index (χ1) is 1.73. The van der Waals surface area contributed by atoms with Gasteiger partial charge in [0.2, 0.25) is 0 Å². The van der Waals surface area contributed by atoms with Gasteiger partial charge in [0.05, 0.1) is 0 Å². The number of halogens is 2. The third-order valence-corrected chi connectivity index (χ3v) is 0. The van der Waals surface area contributed by atoms with E-state index in [-0.39, 0.29) is 32.2 Å². The Morgan fingerprint density at radius 1 is 1.14 bits per heavy atom. The highest BCUT2D eigenvalue weighted by Crippen LogP contribution is 1.98. The van der Waals surface area contributed by atoms with Crippen molar-refractivity contribution in [3.05, 3.63) is 0 Å². The van der Waals surface area contributed by atoms with Crippen molar-refractivity contribution >= 4 is 33.1 Å². The molecule has 0 aliphatic carbocycles. The second-order valence-electron chi connectivity index (χ2n) is 0.283. The molecule has 0 aliphatic heterocycles. The first kappa shape index (κ1) is 25.2. The summed E-state index contributed by atoms with van der Waals surface area (Å²) in [6.07, 6.45) is 0. The monoisotopic (exact) mass is 170 g/mol. The van der Waals surface area contributed by atoms with Gasteiger partial charge in [-0.25, -0.2) is 0 Å². The van der Waals surface area contributed by atoms with Crippen LogP contribution in [0.1, 0.15) is 7.43 Å². The van der Waals surface area contributed by atoms with Gasteiger partial charge in [-0.1, -0.05) is 7.43 Å². The molecule has 0 aromatic carbocycles. The van der Waals surface area contributed by atoms with Crippen LogP contribution in [0.3, 0.4) is 0 Å². The van der Waals surface area contributed by atoms with E-state index >= 15 is 0 Å². The Labute approximate surface area is 55.5 Å². The zero-order valence-electron chi connectivity index (χ0n) is 2.62. The fourth-order valence-electron chi connectivity index (χ4n) is 0. The number of hydrogen-bond acceptors (Lipinski definition) is 1. The molecule has 0 spiro atoms. The van der Waals surface area contributed by atoms with E-state index in [4.69, 9.17) is 14.4 Å². The molecule has 0 saturated heterocycles. The number of rotatable bonds is 0. The standard InChI is InChI=1S/CH4.2ClH.H3O3P/c;;;1-4(2)3/h1H4;2*1H;4H,(H2,1,2,3). The Bertz CT molecular complexity index is 35.9. The van der Waals surface area contributed by atoms with E-state index in [0.29, 0.717) is 0 Å². The molecule has 2 N–H and O–H groups in total. The first-order valence-electron chi connectivity index (χ1n) is 0.651. The van der Waals surface area contributed by atoms with Crippen LogP contribution in [0, 0.1) is 0 Å². The van der Waals surface area contributed by atoms with Crippen LogP contribution >= 0.6 is 33.1 Å². The number of hydrogen-bond donors (Lipinski definition) is 2. The van der Waals surface area contributed by atoms with Crippen molar-refractivity contribution < 1.29 is 14.4 Å². The first-order valence-corrected chi connectivity index (χ1v) is 1.95. The third-order valence-electron chi connectivity index (χ3n) is 0. The second-order valence-corrected chi connectivity index (χ2v) is 0.848. The Kier molecular flexibility index (Phi) is 57.1. The lowest BCUT2D eigenvalue weighted by atomic mass is 12.0. The molecule has 0 bridgehead atoms. The van der Waals surface area contributed by atoms with Crippen LogP contribution in [-0.4, -0.2) is 9.79 Å². The average Bonchev–Trinajstić information content (AvgIpc) is 0.811. The van der Waals surface area contributed by atoms with Gasteiger partial charge in [-0.3, -0.25) is 4.57 Å². The minimum atomic E-state index is -3.13. The van der Waals surface area contributed by atoms with Gasteiger partial charge in [0.15, 0.2) is 0 Å². The summed E-state index contributed by atoms with van der Waals surface area (Å²) < 4.78 is 8.74. The van der Waals surface area contributed by atoms with Crippen molar-refractivity contribution in [2.45, 2.75) is 7.43 Å². The maximum atomic E-state index is 8.74. The lowest BCUT2D eigenvalue weighted by Crippen LogP contribution is -1.38. The second kappa shape index (κ2) is 15.9. The Morgan fingerprint density at radius 3 is 1.14 bits per heavy atom. The highest BCUT2D eigenvalue weighted by molar-refractivity contribution is 7.30. The predicted molar refractivity (Wildman–Crippen MR) is 34.7 cm³/mol. The van der Waals surface area contributed by atoms with Crippen LogP contribution in [0.5, 0.6) is 0 Å². The molecule has 0 aromatic heterocycles. The van der Waals surface area contributed by atoms with Crippen molar-refractivity contribution in [3.63, 3.8) is 0 Å². The van der Waals surface area contributed by atoms with E-state index in [0.717, 1.165) is 0 Å². The van der Waals surface area contributed by atoms with Crippen molar-refractivity contribution in [1.82, 2.24) is 0 Å². The average molecular weight is 171 g/mol. The van der Waals surface area contributed by atoms with E-state index in [9.17, 15) is 0 Å². The molecule has 50 valence electrons. The van der Waals surface area contributed by atoms with Gasteiger partial charge in [-0.05, 0) is 0 Å². The summed E-state index contributed by atoms with van der Waals surface area (Å²) >= 11 is 0. The SMILES string of the molecule is C.Cl.Cl.O=[PH](O)O. The maximum absolute atomic E-state index is 8.74. The molecular formula is CH9Cl2O3P. The van der Waals surface area contributed by atoms with E-state index in [1.165, 1.54) is 0 Å². The highest BCUT2D eigenvalue weighted by atomic mass is 35.5. The minimum Gasteiger partial charge on any atom is -0.326 e. The molecule has 0 rings (SSSR count). The van der Waals surface area contributed by atoms with Crippen LogP contribution in [0.25, 0.3) is 0 Å². The quantitative estimate of drug-likeness (QED) is 0.531. The van der Waals surface area contributed by atoms with Gasteiger partial charge >= 0.3 is 8.25 Å². The fourth-order valence-corrected chi connectivity index (χ4v) is 0. The van der Waals surface area contributed by atoms with Crippen LogP contribution in [0.2, 0.25) is 0 Å². The van der Waals surface area contributed by atoms with E-state index < -0.39 is 8.25 Å². The summed E-state index contributed by atoms with van der Waals surface area (Å²) in [4.78, 5) is 14.3. The van der Waals surface area contributed by atoms with Gasteiger partial charge < -0.3 is 9.79 Å². The Hall–Kier alpha value is 0.730. The van der Waals surface area contributed by atoms with Gasteiger partial charge in [-0.2, -0.15) is 0 Å². The van der Waals surface area contributed by atoms with Crippen LogP contribution in [0.4, 0.5) is 0 Å². The maximum Gasteiger partial charge on any atom is 0.314 e. The van der Waals surface area contributed by atoms with Crippen molar-refractivity contribution in [2.75, 3.05) is 0 Å². The van der Waals surface area contributed by atoms with Crippen molar-refractivity contribution in [3.8, 4) is 0 Å². The Balaban J connectivity index is -0.0000000150. The molecule has 0 atom stereocenters. The normalized spacial score (nSPS) is 5.00. The largest absolute Gasteiger partial charge is 0.326 e. The summed E-state index contributed by atoms with van der Waals surface area (Å²) in [7, 11) is -3.13. The lowest BCUT2D eigenvalue weighted by molar-refractivity contribution is 0.405. The van der Waals surface area contributed by atoms with E-state index in [2.05, 4.69) is 0 Å². The molecule has 3 nitrogen and oxygen atoms in total. The molecular weight excluding hydrogens is 162 g/mol. The highest BCUT2D eigenvalue weighted by Gasteiger charge is 1.61. The molecule has 0 saturated carbocycles. The van der Waals surface area contributed by atoms with E-state index in [1.54, 1.807) is 0 Å². The molecule has 0 aliphatic rings. The van der Waals surface area contributed by atoms with Gasteiger partial charge in [0, 0.05) is 0 Å². The summed E-state index contributed by atoms with van der Waals surface area (Å²) in [5, 5.41) is 0. The summed E-state index contributed by atoms with van der Waals surface area (Å²) in [5.74, 6) is 0. The summed E-state index contributed by atoms with van der Waals surface area (Å²) in [6, 6.07) is 0. The van der Waals surface area contributed by atoms with Gasteiger partial charge in [0.25, 0.3) is 0 Å². The minimum absolute atomic E-state index is 0. The zero-order valence-corrected chi connectivity index (χ0v) is 5.25. The molecule has 0 heterocycles. The third kappa shape index (κ3) is 283. The smallest absolute Gasteiger partial charge is 0.314 e. The molecule has 0 aromatic rings. The molecule has 0 radical (unpaired) electrons. The van der Waals surface area contributed by atoms with Crippen LogP contribution in [-0.2, 0) is 4.57 Å². The topological polar surface area (TPSA) is 57.5 Å². The lowest BCUT2D eigenvalue weighted by Gasteiger charge is -1.61. The van der Waals surface area contributed by atoms with E-state index in [1.807, 2.05) is 0 Å². The summed E-state index contributed by atoms with van der Waals surface area (Å²) in [5.41, 5.74) is 0. The Morgan fingerprint density at radius 2 is 1.14 bits per heavy atom. The molecule has 7 heavy (non-hydrogen) atoms. The van der Waals surface area contributed by atoms with Crippen LogP contribution < -0.4 is 0 Å². The summed E-state index contributed by atoms with van der Waals surface area (Å²) in [6.45, 7) is 0. The fraction of sp³-hybridized carbons (Fsp3) is 1.00. The predicted octanol–water partition coefficient (Wildman–Crippen LogP) is 0.840. The van der Waals surface area contributed by atoms with Crippen molar-refractivity contribution in [2.24, 2.45) is 0 Å². The van der Waals surface area contributed by atoms with Gasteiger partial charge in [-0.15, -0.1) is 24.8 Å². The van der Waals surface area contributed by atoms with Gasteiger partial charge in [0.1, 0.15) is 0 Å². The molecule has 0 fully saturated rings. The molecule has 0 unspecified atom stereocenters.